The van der Waals surface area contributed by atoms with Crippen LogP contribution in [0, 0.1) is 0 Å². The lowest BCUT2D eigenvalue weighted by Gasteiger charge is -2.23. The number of amides is 1. The van der Waals surface area contributed by atoms with Gasteiger partial charge in [0.05, 0.1) is 7.11 Å². The average molecular weight is 355 g/mol. The number of carbonyl (C=O) groups excluding carboxylic acids is 1. The van der Waals surface area contributed by atoms with E-state index >= 15 is 0 Å². The van der Waals surface area contributed by atoms with E-state index in [2.05, 4.69) is 32.2 Å². The van der Waals surface area contributed by atoms with Gasteiger partial charge < -0.3 is 14.8 Å². The third-order valence-corrected chi connectivity index (χ3v) is 4.16. The van der Waals surface area contributed by atoms with Gasteiger partial charge >= 0.3 is 0 Å². The first-order chi connectivity index (χ1) is 12.4. The van der Waals surface area contributed by atoms with Crippen molar-refractivity contribution in [3.63, 3.8) is 0 Å². The van der Waals surface area contributed by atoms with Crippen LogP contribution in [0.1, 0.15) is 55.6 Å². The third kappa shape index (κ3) is 5.01. The number of hydrogen-bond donors (Lipinski definition) is 1. The zero-order valence-corrected chi connectivity index (χ0v) is 16.4. The molecule has 0 aromatic heterocycles. The molecule has 4 nitrogen and oxygen atoms in total. The predicted octanol–water partition coefficient (Wildman–Crippen LogP) is 4.71. The SMILES string of the molecule is CCCNC(=O)c1ccc(OC)c(COc2ccccc2C(C)(C)C)c1. The second-order valence-electron chi connectivity index (χ2n) is 7.32. The molecule has 2 rings (SSSR count). The van der Waals surface area contributed by atoms with Crippen LogP contribution in [0.15, 0.2) is 42.5 Å². The molecule has 0 atom stereocenters. The number of para-hydroxylation sites is 1. The summed E-state index contributed by atoms with van der Waals surface area (Å²) in [5.74, 6) is 1.49. The molecule has 0 spiro atoms. The standard InChI is InChI=1S/C22H29NO3/c1-6-13-23-21(24)16-11-12-19(25-5)17(14-16)15-26-20-10-8-7-9-18(20)22(2,3)4/h7-12,14H,6,13,15H2,1-5H3,(H,23,24). The molecule has 1 N–H and O–H groups in total. The van der Waals surface area contributed by atoms with Gasteiger partial charge in [-0.3, -0.25) is 4.79 Å². The summed E-state index contributed by atoms with van der Waals surface area (Å²) in [6.45, 7) is 9.51. The highest BCUT2D eigenvalue weighted by molar-refractivity contribution is 5.94. The summed E-state index contributed by atoms with van der Waals surface area (Å²) in [6.07, 6.45) is 0.904. The van der Waals surface area contributed by atoms with Gasteiger partial charge in [-0.05, 0) is 41.7 Å². The lowest BCUT2D eigenvalue weighted by molar-refractivity contribution is 0.0953. The predicted molar refractivity (Wildman–Crippen MR) is 105 cm³/mol. The molecule has 0 bridgehead atoms. The van der Waals surface area contributed by atoms with Gasteiger partial charge in [0.1, 0.15) is 18.1 Å². The van der Waals surface area contributed by atoms with Crippen LogP contribution < -0.4 is 14.8 Å². The molecule has 140 valence electrons. The maximum Gasteiger partial charge on any atom is 0.251 e. The molecule has 0 aliphatic heterocycles. The monoisotopic (exact) mass is 355 g/mol. The fourth-order valence-electron chi connectivity index (χ4n) is 2.74. The molecule has 26 heavy (non-hydrogen) atoms. The van der Waals surface area contributed by atoms with Crippen LogP contribution >= 0.6 is 0 Å². The van der Waals surface area contributed by atoms with Crippen LogP contribution in [0.5, 0.6) is 11.5 Å². The minimum atomic E-state index is -0.0779. The van der Waals surface area contributed by atoms with E-state index in [1.165, 1.54) is 0 Å². The number of benzene rings is 2. The van der Waals surface area contributed by atoms with Gasteiger partial charge in [0.15, 0.2) is 0 Å². The lowest BCUT2D eigenvalue weighted by atomic mass is 9.86. The molecule has 0 unspecified atom stereocenters. The van der Waals surface area contributed by atoms with Gasteiger partial charge in [0.2, 0.25) is 0 Å². The number of rotatable bonds is 7. The Morgan fingerprint density at radius 3 is 2.46 bits per heavy atom. The van der Waals surface area contributed by atoms with Crippen molar-refractivity contribution in [2.24, 2.45) is 0 Å². The van der Waals surface area contributed by atoms with Crippen LogP contribution in [-0.4, -0.2) is 19.6 Å². The molecule has 0 heterocycles. The highest BCUT2D eigenvalue weighted by Gasteiger charge is 2.19. The second kappa shape index (κ2) is 8.75. The van der Waals surface area contributed by atoms with Crippen LogP contribution in [-0.2, 0) is 12.0 Å². The van der Waals surface area contributed by atoms with E-state index in [0.29, 0.717) is 24.5 Å². The number of ether oxygens (including phenoxy) is 2. The Morgan fingerprint density at radius 1 is 1.08 bits per heavy atom. The Morgan fingerprint density at radius 2 is 1.81 bits per heavy atom. The van der Waals surface area contributed by atoms with E-state index in [-0.39, 0.29) is 11.3 Å². The summed E-state index contributed by atoms with van der Waals surface area (Å²) < 4.78 is 11.5. The largest absolute Gasteiger partial charge is 0.496 e. The van der Waals surface area contributed by atoms with Gasteiger partial charge in [-0.15, -0.1) is 0 Å². The summed E-state index contributed by atoms with van der Waals surface area (Å²) in [7, 11) is 1.62. The molecule has 0 aliphatic carbocycles. The Labute approximate surface area is 156 Å². The van der Waals surface area contributed by atoms with Crippen molar-refractivity contribution in [3.8, 4) is 11.5 Å². The van der Waals surface area contributed by atoms with Gasteiger partial charge in [-0.25, -0.2) is 0 Å². The van der Waals surface area contributed by atoms with Crippen molar-refractivity contribution >= 4 is 5.91 Å². The van der Waals surface area contributed by atoms with Crippen molar-refractivity contribution in [1.29, 1.82) is 0 Å². The maximum absolute atomic E-state index is 12.2. The highest BCUT2D eigenvalue weighted by atomic mass is 16.5. The molecule has 1 amide bonds. The number of methoxy groups -OCH3 is 1. The Hall–Kier alpha value is -2.49. The summed E-state index contributed by atoms with van der Waals surface area (Å²) >= 11 is 0. The quantitative estimate of drug-likeness (QED) is 0.782. The van der Waals surface area contributed by atoms with Crippen molar-refractivity contribution in [3.05, 3.63) is 59.2 Å². The lowest BCUT2D eigenvalue weighted by Crippen LogP contribution is -2.24. The van der Waals surface area contributed by atoms with Crippen LogP contribution in [0.3, 0.4) is 0 Å². The fourth-order valence-corrected chi connectivity index (χ4v) is 2.74. The molecule has 0 fully saturated rings. The molecule has 2 aromatic carbocycles. The molecule has 0 saturated carbocycles. The Bertz CT molecular complexity index is 747. The molecule has 0 radical (unpaired) electrons. The van der Waals surface area contributed by atoms with Crippen molar-refractivity contribution < 1.29 is 14.3 Å². The van der Waals surface area contributed by atoms with Crippen molar-refractivity contribution in [1.82, 2.24) is 5.32 Å². The first-order valence-electron chi connectivity index (χ1n) is 9.04. The zero-order valence-electron chi connectivity index (χ0n) is 16.4. The maximum atomic E-state index is 12.2. The smallest absolute Gasteiger partial charge is 0.251 e. The second-order valence-corrected chi connectivity index (χ2v) is 7.32. The first-order valence-corrected chi connectivity index (χ1v) is 9.04. The van der Waals surface area contributed by atoms with Crippen LogP contribution in [0.25, 0.3) is 0 Å². The molecular formula is C22H29NO3. The highest BCUT2D eigenvalue weighted by Crippen LogP contribution is 2.32. The van der Waals surface area contributed by atoms with Crippen LogP contribution in [0.4, 0.5) is 0 Å². The number of nitrogens with one attached hydrogen (secondary N) is 1. The normalized spacial score (nSPS) is 11.1. The van der Waals surface area contributed by atoms with Crippen molar-refractivity contribution in [2.45, 2.75) is 46.1 Å². The van der Waals surface area contributed by atoms with E-state index in [0.717, 1.165) is 23.3 Å². The van der Waals surface area contributed by atoms with Crippen molar-refractivity contribution in [2.75, 3.05) is 13.7 Å². The number of hydrogen-bond acceptors (Lipinski definition) is 3. The van der Waals surface area contributed by atoms with Gasteiger partial charge in [0, 0.05) is 17.7 Å². The van der Waals surface area contributed by atoms with E-state index in [9.17, 15) is 4.79 Å². The van der Waals surface area contributed by atoms with Gasteiger partial charge in [-0.1, -0.05) is 45.9 Å². The summed E-state index contributed by atoms with van der Waals surface area (Å²) in [5.41, 5.74) is 2.60. The fraction of sp³-hybridized carbons (Fsp3) is 0.409. The molecule has 4 heteroatoms. The van der Waals surface area contributed by atoms with E-state index in [1.54, 1.807) is 13.2 Å². The van der Waals surface area contributed by atoms with E-state index in [4.69, 9.17) is 9.47 Å². The zero-order chi connectivity index (χ0) is 19.2. The van der Waals surface area contributed by atoms with E-state index in [1.807, 2.05) is 37.3 Å². The minimum absolute atomic E-state index is 0.0113. The topological polar surface area (TPSA) is 47.6 Å². The molecule has 0 aliphatic rings. The Balaban J connectivity index is 2.22. The third-order valence-electron chi connectivity index (χ3n) is 4.16. The molecule has 2 aromatic rings. The first kappa shape index (κ1) is 19.8. The number of carbonyl (C=O) groups is 1. The summed E-state index contributed by atoms with van der Waals surface area (Å²) in [4.78, 5) is 12.2. The Kier molecular flexibility index (Phi) is 6.67. The summed E-state index contributed by atoms with van der Waals surface area (Å²) in [6, 6.07) is 13.5. The minimum Gasteiger partial charge on any atom is -0.496 e. The van der Waals surface area contributed by atoms with Crippen LogP contribution in [0.2, 0.25) is 0 Å². The molecule has 0 saturated heterocycles. The van der Waals surface area contributed by atoms with E-state index < -0.39 is 0 Å². The van der Waals surface area contributed by atoms with Gasteiger partial charge in [0.25, 0.3) is 5.91 Å². The molecular weight excluding hydrogens is 326 g/mol. The average Bonchev–Trinajstić information content (AvgIpc) is 2.63. The van der Waals surface area contributed by atoms with Gasteiger partial charge in [-0.2, -0.15) is 0 Å². The summed E-state index contributed by atoms with van der Waals surface area (Å²) in [5, 5.41) is 2.90.